The summed E-state index contributed by atoms with van der Waals surface area (Å²) in [5.74, 6) is -0.102. The molecule has 1 aromatic heterocycles. The van der Waals surface area contributed by atoms with E-state index in [2.05, 4.69) is 4.98 Å². The number of rotatable bonds is 3. The van der Waals surface area contributed by atoms with Crippen molar-refractivity contribution >= 4 is 5.91 Å². The minimum atomic E-state index is -0.839. The number of amides is 1. The number of aromatic nitrogens is 1. The standard InChI is InChI=1S/C15H22N2O3/c1-11-4-5-13(12(2)16-11)14(18)17(3)10-15(19)6-8-20-9-7-15/h4-5,19H,6-10H2,1-3H3. The fourth-order valence-electron chi connectivity index (χ4n) is 2.54. The van der Waals surface area contributed by atoms with Crippen LogP contribution in [0.4, 0.5) is 0 Å². The molecule has 2 rings (SSSR count). The van der Waals surface area contributed by atoms with Gasteiger partial charge in [-0.1, -0.05) is 0 Å². The molecule has 1 aliphatic rings. The Morgan fingerprint density at radius 3 is 2.65 bits per heavy atom. The molecule has 2 heterocycles. The maximum absolute atomic E-state index is 12.4. The lowest BCUT2D eigenvalue weighted by Gasteiger charge is -2.35. The number of ether oxygens (including phenoxy) is 1. The van der Waals surface area contributed by atoms with E-state index in [1.165, 1.54) is 0 Å². The number of carbonyl (C=O) groups excluding carboxylic acids is 1. The highest BCUT2D eigenvalue weighted by atomic mass is 16.5. The molecule has 0 aromatic carbocycles. The van der Waals surface area contributed by atoms with Crippen LogP contribution in [0.3, 0.4) is 0 Å². The Balaban J connectivity index is 2.08. The molecule has 0 aliphatic carbocycles. The van der Waals surface area contributed by atoms with Crippen LogP contribution in [0.25, 0.3) is 0 Å². The lowest BCUT2D eigenvalue weighted by molar-refractivity contribution is -0.0734. The van der Waals surface area contributed by atoms with E-state index in [1.54, 1.807) is 18.0 Å². The minimum Gasteiger partial charge on any atom is -0.388 e. The first-order valence-electron chi connectivity index (χ1n) is 6.91. The Morgan fingerprint density at radius 1 is 1.40 bits per heavy atom. The first-order chi connectivity index (χ1) is 9.41. The lowest BCUT2D eigenvalue weighted by Crippen LogP contribution is -2.47. The van der Waals surface area contributed by atoms with Crippen molar-refractivity contribution in [1.29, 1.82) is 0 Å². The topological polar surface area (TPSA) is 62.7 Å². The molecule has 1 fully saturated rings. The molecular weight excluding hydrogens is 256 g/mol. The van der Waals surface area contributed by atoms with Gasteiger partial charge in [0.05, 0.1) is 16.9 Å². The van der Waals surface area contributed by atoms with Crippen LogP contribution in [0.2, 0.25) is 0 Å². The van der Waals surface area contributed by atoms with E-state index < -0.39 is 5.60 Å². The van der Waals surface area contributed by atoms with E-state index in [0.29, 0.717) is 38.2 Å². The fraction of sp³-hybridized carbons (Fsp3) is 0.600. The van der Waals surface area contributed by atoms with Crippen LogP contribution in [-0.4, -0.2) is 53.3 Å². The number of likely N-dealkylation sites (N-methyl/N-ethyl adjacent to an activating group) is 1. The van der Waals surface area contributed by atoms with Crippen molar-refractivity contribution in [2.24, 2.45) is 0 Å². The Labute approximate surface area is 119 Å². The van der Waals surface area contributed by atoms with Gasteiger partial charge in [-0.15, -0.1) is 0 Å². The molecule has 5 heteroatoms. The van der Waals surface area contributed by atoms with E-state index in [0.717, 1.165) is 11.4 Å². The monoisotopic (exact) mass is 278 g/mol. The van der Waals surface area contributed by atoms with E-state index >= 15 is 0 Å². The van der Waals surface area contributed by atoms with Crippen molar-refractivity contribution in [3.05, 3.63) is 29.1 Å². The van der Waals surface area contributed by atoms with Crippen LogP contribution < -0.4 is 0 Å². The van der Waals surface area contributed by atoms with E-state index in [4.69, 9.17) is 4.74 Å². The second kappa shape index (κ2) is 5.89. The fourth-order valence-corrected chi connectivity index (χ4v) is 2.54. The van der Waals surface area contributed by atoms with Gasteiger partial charge in [-0.05, 0) is 26.0 Å². The highest BCUT2D eigenvalue weighted by Crippen LogP contribution is 2.22. The van der Waals surface area contributed by atoms with Gasteiger partial charge in [0.2, 0.25) is 0 Å². The van der Waals surface area contributed by atoms with Crippen LogP contribution in [0, 0.1) is 13.8 Å². The Bertz CT molecular complexity index is 496. The largest absolute Gasteiger partial charge is 0.388 e. The summed E-state index contributed by atoms with van der Waals surface area (Å²) < 4.78 is 5.25. The van der Waals surface area contributed by atoms with Crippen LogP contribution in [0.15, 0.2) is 12.1 Å². The van der Waals surface area contributed by atoms with Gasteiger partial charge in [-0.3, -0.25) is 9.78 Å². The molecule has 0 spiro atoms. The van der Waals surface area contributed by atoms with Crippen LogP contribution >= 0.6 is 0 Å². The van der Waals surface area contributed by atoms with Gasteiger partial charge in [-0.25, -0.2) is 0 Å². The summed E-state index contributed by atoms with van der Waals surface area (Å²) in [5, 5.41) is 10.5. The van der Waals surface area contributed by atoms with E-state index in [9.17, 15) is 9.90 Å². The minimum absolute atomic E-state index is 0.102. The SMILES string of the molecule is Cc1ccc(C(=O)N(C)CC2(O)CCOCC2)c(C)n1. The average Bonchev–Trinajstić information content (AvgIpc) is 2.38. The van der Waals surface area contributed by atoms with Crippen LogP contribution in [0.1, 0.15) is 34.6 Å². The summed E-state index contributed by atoms with van der Waals surface area (Å²) in [6.07, 6.45) is 1.13. The number of carbonyl (C=O) groups is 1. The summed E-state index contributed by atoms with van der Waals surface area (Å²) in [6.45, 7) is 5.14. The molecule has 1 amide bonds. The maximum atomic E-state index is 12.4. The van der Waals surface area contributed by atoms with Crippen molar-refractivity contribution < 1.29 is 14.6 Å². The number of hydrogen-bond acceptors (Lipinski definition) is 4. The molecule has 1 saturated heterocycles. The van der Waals surface area contributed by atoms with Gasteiger partial charge < -0.3 is 14.7 Å². The molecule has 1 N–H and O–H groups in total. The molecule has 0 bridgehead atoms. The summed E-state index contributed by atoms with van der Waals surface area (Å²) in [5.41, 5.74) is 1.37. The quantitative estimate of drug-likeness (QED) is 0.905. The van der Waals surface area contributed by atoms with Crippen molar-refractivity contribution in [2.45, 2.75) is 32.3 Å². The normalized spacial score (nSPS) is 17.8. The summed E-state index contributed by atoms with van der Waals surface area (Å²) in [4.78, 5) is 18.3. The van der Waals surface area contributed by atoms with E-state index in [1.807, 2.05) is 19.9 Å². The molecule has 1 aliphatic heterocycles. The van der Waals surface area contributed by atoms with Crippen LogP contribution in [0.5, 0.6) is 0 Å². The molecule has 0 saturated carbocycles. The molecule has 110 valence electrons. The number of aliphatic hydroxyl groups is 1. The van der Waals surface area contributed by atoms with Gasteiger partial charge in [0, 0.05) is 45.3 Å². The Kier molecular flexibility index (Phi) is 4.40. The lowest BCUT2D eigenvalue weighted by atomic mass is 9.93. The summed E-state index contributed by atoms with van der Waals surface area (Å²) in [7, 11) is 1.72. The number of aryl methyl sites for hydroxylation is 2. The number of pyridine rings is 1. The highest BCUT2D eigenvalue weighted by molar-refractivity contribution is 5.95. The third-order valence-corrected chi connectivity index (χ3v) is 3.76. The molecule has 0 radical (unpaired) electrons. The van der Waals surface area contributed by atoms with Gasteiger partial charge in [0.1, 0.15) is 0 Å². The zero-order chi connectivity index (χ0) is 14.8. The smallest absolute Gasteiger partial charge is 0.255 e. The zero-order valence-electron chi connectivity index (χ0n) is 12.3. The molecule has 5 nitrogen and oxygen atoms in total. The van der Waals surface area contributed by atoms with Gasteiger partial charge in [0.25, 0.3) is 5.91 Å². The second-order valence-corrected chi connectivity index (χ2v) is 5.58. The molecule has 0 atom stereocenters. The average molecular weight is 278 g/mol. The Hall–Kier alpha value is -1.46. The van der Waals surface area contributed by atoms with Crippen LogP contribution in [-0.2, 0) is 4.74 Å². The van der Waals surface area contributed by atoms with Gasteiger partial charge >= 0.3 is 0 Å². The predicted octanol–water partition coefficient (Wildman–Crippen LogP) is 1.31. The summed E-state index contributed by atoms with van der Waals surface area (Å²) >= 11 is 0. The number of hydrogen-bond donors (Lipinski definition) is 1. The summed E-state index contributed by atoms with van der Waals surface area (Å²) in [6, 6.07) is 3.63. The maximum Gasteiger partial charge on any atom is 0.255 e. The van der Waals surface area contributed by atoms with Crippen molar-refractivity contribution in [1.82, 2.24) is 9.88 Å². The van der Waals surface area contributed by atoms with Crippen molar-refractivity contribution in [3.63, 3.8) is 0 Å². The van der Waals surface area contributed by atoms with Gasteiger partial charge in [0.15, 0.2) is 0 Å². The molecule has 1 aromatic rings. The third kappa shape index (κ3) is 3.35. The third-order valence-electron chi connectivity index (χ3n) is 3.76. The molecule has 20 heavy (non-hydrogen) atoms. The van der Waals surface area contributed by atoms with Crippen molar-refractivity contribution in [2.75, 3.05) is 26.8 Å². The highest BCUT2D eigenvalue weighted by Gasteiger charge is 2.32. The first-order valence-corrected chi connectivity index (χ1v) is 6.91. The predicted molar refractivity (Wildman–Crippen MR) is 75.7 cm³/mol. The van der Waals surface area contributed by atoms with Gasteiger partial charge in [-0.2, -0.15) is 0 Å². The zero-order valence-corrected chi connectivity index (χ0v) is 12.3. The first kappa shape index (κ1) is 14.9. The number of nitrogens with zero attached hydrogens (tertiary/aromatic N) is 2. The second-order valence-electron chi connectivity index (χ2n) is 5.58. The Morgan fingerprint density at radius 2 is 2.05 bits per heavy atom. The molecular formula is C15H22N2O3. The molecule has 0 unspecified atom stereocenters. The van der Waals surface area contributed by atoms with E-state index in [-0.39, 0.29) is 5.91 Å². The van der Waals surface area contributed by atoms with Crippen molar-refractivity contribution in [3.8, 4) is 0 Å².